The summed E-state index contributed by atoms with van der Waals surface area (Å²) in [5, 5.41) is 28.0. The van der Waals surface area contributed by atoms with Gasteiger partial charge in [0.15, 0.2) is 5.78 Å². The van der Waals surface area contributed by atoms with Crippen LogP contribution in [0.4, 0.5) is 0 Å². The second kappa shape index (κ2) is 12.9. The Kier molecular flexibility index (Phi) is 11.7. The molecule has 0 amide bonds. The van der Waals surface area contributed by atoms with Crippen LogP contribution in [0.1, 0.15) is 37.2 Å². The summed E-state index contributed by atoms with van der Waals surface area (Å²) >= 11 is 0. The van der Waals surface area contributed by atoms with E-state index in [-0.39, 0.29) is 55.8 Å². The molecular formula is C23H25LiN2O4-2. The van der Waals surface area contributed by atoms with E-state index in [1.54, 1.807) is 13.2 Å². The van der Waals surface area contributed by atoms with Crippen LogP contribution in [0.25, 0.3) is 5.41 Å². The summed E-state index contributed by atoms with van der Waals surface area (Å²) in [6, 6.07) is 9.15. The molecule has 1 aliphatic rings. The summed E-state index contributed by atoms with van der Waals surface area (Å²) in [5.74, 6) is -1.10. The van der Waals surface area contributed by atoms with E-state index < -0.39 is 17.7 Å². The van der Waals surface area contributed by atoms with E-state index in [4.69, 9.17) is 16.6 Å². The van der Waals surface area contributed by atoms with Gasteiger partial charge < -0.3 is 28.4 Å². The Bertz CT molecular complexity index is 840. The number of carboxylic acids is 1. The number of ether oxygens (including phenoxy) is 1. The van der Waals surface area contributed by atoms with Gasteiger partial charge in [-0.25, -0.2) is 0 Å². The Morgan fingerprint density at radius 2 is 1.97 bits per heavy atom. The fraction of sp³-hybridized carbons (Fsp3) is 0.348. The summed E-state index contributed by atoms with van der Waals surface area (Å²) in [6.07, 6.45) is 3.69. The minimum absolute atomic E-state index is 0. The Labute approximate surface area is 190 Å². The second-order valence-corrected chi connectivity index (χ2v) is 6.89. The first kappa shape index (κ1) is 27.4. The van der Waals surface area contributed by atoms with Crippen molar-refractivity contribution in [3.63, 3.8) is 0 Å². The van der Waals surface area contributed by atoms with Gasteiger partial charge in [0.2, 0.25) is 0 Å². The molecule has 30 heavy (non-hydrogen) atoms. The summed E-state index contributed by atoms with van der Waals surface area (Å²) in [7, 11) is 1.57. The molecule has 0 aromatic heterocycles. The number of Topliss-reactive ketones (excluding diaryl/α,β-unsaturated/α-hetero) is 1. The van der Waals surface area contributed by atoms with Crippen molar-refractivity contribution in [2.75, 3.05) is 7.11 Å². The summed E-state index contributed by atoms with van der Waals surface area (Å²) in [6.45, 7) is 5.14. The van der Waals surface area contributed by atoms with Crippen molar-refractivity contribution in [1.29, 1.82) is 5.26 Å². The zero-order chi connectivity index (χ0) is 20.7. The predicted molar refractivity (Wildman–Crippen MR) is 111 cm³/mol. The van der Waals surface area contributed by atoms with E-state index in [0.717, 1.165) is 17.7 Å². The van der Waals surface area contributed by atoms with Crippen molar-refractivity contribution in [2.24, 2.45) is 11.8 Å². The number of nitriles is 1. The number of allylic oxidation sites excluding steroid dienone is 3. The first-order valence-electron chi connectivity index (χ1n) is 9.02. The van der Waals surface area contributed by atoms with Crippen LogP contribution in [-0.2, 0) is 9.59 Å². The average Bonchev–Trinajstić information content (AvgIpc) is 3.14. The van der Waals surface area contributed by atoms with E-state index in [1.165, 1.54) is 0 Å². The molecule has 2 rings (SSSR count). The van der Waals surface area contributed by atoms with Gasteiger partial charge in [0.25, 0.3) is 0 Å². The van der Waals surface area contributed by atoms with Crippen molar-refractivity contribution < 1.29 is 38.3 Å². The summed E-state index contributed by atoms with van der Waals surface area (Å²) < 4.78 is 5.15. The molecule has 1 aliphatic carbocycles. The predicted octanol–water partition coefficient (Wildman–Crippen LogP) is 1.14. The van der Waals surface area contributed by atoms with E-state index in [1.807, 2.05) is 24.3 Å². The molecule has 154 valence electrons. The van der Waals surface area contributed by atoms with Crippen LogP contribution in [-0.4, -0.2) is 29.7 Å². The molecule has 0 spiro atoms. The molecule has 0 bridgehead atoms. The van der Waals surface area contributed by atoms with Crippen LogP contribution in [0, 0.1) is 37.2 Å². The Hall–Kier alpha value is -2.60. The van der Waals surface area contributed by atoms with Gasteiger partial charge in [0, 0.05) is 6.42 Å². The van der Waals surface area contributed by atoms with Gasteiger partial charge in [-0.1, -0.05) is 12.1 Å². The maximum Gasteiger partial charge on any atom is 1.00 e. The molecule has 0 saturated heterocycles. The van der Waals surface area contributed by atoms with Crippen LogP contribution >= 0.6 is 0 Å². The normalized spacial score (nSPS) is 20.1. The largest absolute Gasteiger partial charge is 1.00 e. The number of carbonyl (C=O) groups excluding carboxylic acids is 1. The standard InChI is InChI=1S/C22H22N2O4.CH3.Li/c1-3-17(24)12-16(13-23)21(25)9-4-14-10-19(20(11-14)22(26)27)15-5-7-18(28-2)8-6-15;;/h1,3,5-8,12,14,19-20H,4,9-11H2,2H3,(H,26,27);1H3;/q-2;-1;+1/b16-12+;;/t14?,19-,20+;;/m0../s1. The zero-order valence-corrected chi connectivity index (χ0v) is 17.7. The van der Waals surface area contributed by atoms with Crippen LogP contribution in [0.5, 0.6) is 5.75 Å². The number of nitrogens with zero attached hydrogens (tertiary/aromatic N) is 2. The number of carboxylic acid groups (broad SMARTS) is 1. The topological polar surface area (TPSA) is 110 Å². The number of hydrogen-bond donors (Lipinski definition) is 1. The fourth-order valence-corrected chi connectivity index (χ4v) is 3.71. The SMILES string of the molecule is [CH-]=CC(=[N-])/C=C(\C#N)C(=O)CCC1C[C@@H](C(=O)O)[C@H](c2ccc(OC)cc2)C1.[CH3-].[Li+]. The van der Waals surface area contributed by atoms with E-state index in [2.05, 4.69) is 0 Å². The number of aliphatic carboxylic acids is 1. The number of carbonyl (C=O) groups is 2. The Morgan fingerprint density at radius 3 is 2.47 bits per heavy atom. The number of rotatable bonds is 9. The molecule has 1 saturated carbocycles. The Morgan fingerprint density at radius 1 is 1.33 bits per heavy atom. The molecule has 6 nitrogen and oxygen atoms in total. The second-order valence-electron chi connectivity index (χ2n) is 6.89. The van der Waals surface area contributed by atoms with Crippen LogP contribution in [0.15, 0.2) is 42.0 Å². The van der Waals surface area contributed by atoms with Gasteiger partial charge >= 0.3 is 24.8 Å². The molecule has 1 fully saturated rings. The molecule has 1 aromatic carbocycles. The monoisotopic (exact) mass is 400 g/mol. The number of benzene rings is 1. The smallest absolute Gasteiger partial charge is 0.905 e. The van der Waals surface area contributed by atoms with Crippen molar-refractivity contribution in [1.82, 2.24) is 0 Å². The van der Waals surface area contributed by atoms with Crippen LogP contribution in [0.2, 0.25) is 0 Å². The van der Waals surface area contributed by atoms with E-state index in [9.17, 15) is 20.1 Å². The zero-order valence-electron chi connectivity index (χ0n) is 17.7. The number of ketones is 1. The molecule has 1 aromatic rings. The average molecular weight is 400 g/mol. The summed E-state index contributed by atoms with van der Waals surface area (Å²) in [4.78, 5) is 23.9. The molecular weight excluding hydrogens is 375 g/mol. The molecule has 0 radical (unpaired) electrons. The maximum absolute atomic E-state index is 12.2. The van der Waals surface area contributed by atoms with Gasteiger partial charge in [-0.15, -0.1) is 6.08 Å². The van der Waals surface area contributed by atoms with Crippen molar-refractivity contribution >= 4 is 17.5 Å². The van der Waals surface area contributed by atoms with E-state index in [0.29, 0.717) is 25.0 Å². The molecule has 1 N–H and O–H groups in total. The van der Waals surface area contributed by atoms with E-state index >= 15 is 0 Å². The van der Waals surface area contributed by atoms with Crippen LogP contribution in [0.3, 0.4) is 0 Å². The van der Waals surface area contributed by atoms with Gasteiger partial charge in [-0.3, -0.25) is 22.2 Å². The minimum Gasteiger partial charge on any atom is -0.905 e. The Balaban J connectivity index is 0.00000420. The first-order chi connectivity index (χ1) is 13.4. The third kappa shape index (κ3) is 7.02. The van der Waals surface area contributed by atoms with Crippen LogP contribution < -0.4 is 23.6 Å². The number of hydrogen-bond acceptors (Lipinski definition) is 4. The maximum atomic E-state index is 12.2. The summed E-state index contributed by atoms with van der Waals surface area (Å²) in [5.41, 5.74) is 0.424. The minimum atomic E-state index is -0.842. The fourth-order valence-electron chi connectivity index (χ4n) is 3.71. The molecule has 0 heterocycles. The van der Waals surface area contributed by atoms with Crippen molar-refractivity contribution in [2.45, 2.75) is 31.6 Å². The third-order valence-corrected chi connectivity index (χ3v) is 5.18. The molecule has 7 heteroatoms. The van der Waals surface area contributed by atoms with Gasteiger partial charge in [0.05, 0.1) is 18.6 Å². The quantitative estimate of drug-likeness (QED) is 0.220. The molecule has 0 aliphatic heterocycles. The number of methoxy groups -OCH3 is 1. The van der Waals surface area contributed by atoms with Crippen molar-refractivity contribution in [3.05, 3.63) is 67.0 Å². The first-order valence-corrected chi connectivity index (χ1v) is 9.02. The van der Waals surface area contributed by atoms with Gasteiger partial charge in [-0.2, -0.15) is 5.26 Å². The van der Waals surface area contributed by atoms with Gasteiger partial charge in [-0.05, 0) is 48.8 Å². The molecule has 3 atom stereocenters. The molecule has 1 unspecified atom stereocenters. The van der Waals surface area contributed by atoms with Gasteiger partial charge in [0.1, 0.15) is 11.8 Å². The third-order valence-electron chi connectivity index (χ3n) is 5.18. The van der Waals surface area contributed by atoms with Crippen molar-refractivity contribution in [3.8, 4) is 11.8 Å².